The molecule has 0 saturated carbocycles. The summed E-state index contributed by atoms with van der Waals surface area (Å²) in [6.45, 7) is 0. The van der Waals surface area contributed by atoms with Crippen LogP contribution in [0.2, 0.25) is 0 Å². The third kappa shape index (κ3) is 2.63. The molecule has 2 aromatic rings. The standard InChI is InChI=1S/C17H14O6/c1-22-17(21)11-4-2-9-6-13-14(7-12(9)11)23-8-10(16(13)20)3-5-15(18)19/h3,5-8,11H,2,4H2,1H3,(H,18,19)/b5-3+. The van der Waals surface area contributed by atoms with Crippen molar-refractivity contribution in [1.29, 1.82) is 0 Å². The molecule has 1 aromatic carbocycles. The Morgan fingerprint density at radius 2 is 2.17 bits per heavy atom. The maximum Gasteiger partial charge on any atom is 0.328 e. The SMILES string of the molecule is COC(=O)C1CCc2cc3c(=O)c(/C=C/C(=O)O)coc3cc21. The van der Waals surface area contributed by atoms with Crippen molar-refractivity contribution in [2.24, 2.45) is 0 Å². The molecule has 0 spiro atoms. The van der Waals surface area contributed by atoms with Crippen molar-refractivity contribution in [2.75, 3.05) is 7.11 Å². The molecule has 1 aromatic heterocycles. The minimum Gasteiger partial charge on any atom is -0.478 e. The molecule has 0 bridgehead atoms. The Morgan fingerprint density at radius 1 is 1.39 bits per heavy atom. The number of hydrogen-bond acceptors (Lipinski definition) is 5. The van der Waals surface area contributed by atoms with E-state index in [0.717, 1.165) is 17.2 Å². The minimum absolute atomic E-state index is 0.169. The Labute approximate surface area is 131 Å². The number of esters is 1. The van der Waals surface area contributed by atoms with Crippen LogP contribution in [0, 0.1) is 0 Å². The maximum absolute atomic E-state index is 12.4. The topological polar surface area (TPSA) is 93.8 Å². The summed E-state index contributed by atoms with van der Waals surface area (Å²) in [5.74, 6) is -1.78. The van der Waals surface area contributed by atoms with Gasteiger partial charge in [-0.2, -0.15) is 0 Å². The molecule has 6 nitrogen and oxygen atoms in total. The summed E-state index contributed by atoms with van der Waals surface area (Å²) >= 11 is 0. The number of methoxy groups -OCH3 is 1. The number of aliphatic carboxylic acids is 1. The number of carboxylic acids is 1. The number of ether oxygens (including phenoxy) is 1. The highest BCUT2D eigenvalue weighted by atomic mass is 16.5. The van der Waals surface area contributed by atoms with Gasteiger partial charge in [-0.05, 0) is 42.2 Å². The van der Waals surface area contributed by atoms with E-state index in [4.69, 9.17) is 14.3 Å². The van der Waals surface area contributed by atoms with Gasteiger partial charge in [-0.1, -0.05) is 0 Å². The van der Waals surface area contributed by atoms with E-state index in [0.29, 0.717) is 23.8 Å². The first kappa shape index (κ1) is 15.0. The first-order chi connectivity index (χ1) is 11.0. The van der Waals surface area contributed by atoms with Gasteiger partial charge in [-0.25, -0.2) is 4.79 Å². The number of hydrogen-bond donors (Lipinski definition) is 1. The van der Waals surface area contributed by atoms with Gasteiger partial charge in [0, 0.05) is 6.08 Å². The lowest BCUT2D eigenvalue weighted by Crippen LogP contribution is -2.11. The van der Waals surface area contributed by atoms with Gasteiger partial charge in [0.15, 0.2) is 5.43 Å². The van der Waals surface area contributed by atoms with Crippen LogP contribution in [-0.4, -0.2) is 24.2 Å². The lowest BCUT2D eigenvalue weighted by atomic mass is 9.99. The molecule has 0 aliphatic heterocycles. The van der Waals surface area contributed by atoms with Crippen LogP contribution in [-0.2, 0) is 20.7 Å². The van der Waals surface area contributed by atoms with E-state index in [9.17, 15) is 14.4 Å². The Hall–Kier alpha value is -2.89. The van der Waals surface area contributed by atoms with E-state index >= 15 is 0 Å². The van der Waals surface area contributed by atoms with Crippen LogP contribution in [0.1, 0.15) is 29.0 Å². The number of carbonyl (C=O) groups excluding carboxylic acids is 1. The molecule has 1 aliphatic rings. The molecule has 1 unspecified atom stereocenters. The van der Waals surface area contributed by atoms with Crippen LogP contribution in [0.15, 0.2) is 33.7 Å². The normalized spacial score (nSPS) is 16.7. The molecule has 118 valence electrons. The smallest absolute Gasteiger partial charge is 0.328 e. The molecule has 23 heavy (non-hydrogen) atoms. The molecule has 6 heteroatoms. The summed E-state index contributed by atoms with van der Waals surface area (Å²) in [4.78, 5) is 34.8. The molecular formula is C17H14O6. The van der Waals surface area contributed by atoms with Gasteiger partial charge in [0.2, 0.25) is 0 Å². The first-order valence-corrected chi connectivity index (χ1v) is 7.08. The van der Waals surface area contributed by atoms with E-state index in [1.165, 1.54) is 19.4 Å². The average Bonchev–Trinajstić information content (AvgIpc) is 2.95. The fraction of sp³-hybridized carbons (Fsp3) is 0.235. The third-order valence-corrected chi connectivity index (χ3v) is 4.03. The highest BCUT2D eigenvalue weighted by Crippen LogP contribution is 2.36. The predicted octanol–water partition coefficient (Wildman–Crippen LogP) is 2.09. The highest BCUT2D eigenvalue weighted by Gasteiger charge is 2.30. The van der Waals surface area contributed by atoms with Crippen LogP contribution in [0.3, 0.4) is 0 Å². The Bertz CT molecular complexity index is 890. The second kappa shape index (κ2) is 5.72. The van der Waals surface area contributed by atoms with Crippen molar-refractivity contribution in [3.63, 3.8) is 0 Å². The number of benzene rings is 1. The molecule has 1 aliphatic carbocycles. The fourth-order valence-corrected chi connectivity index (χ4v) is 2.91. The van der Waals surface area contributed by atoms with Gasteiger partial charge in [0.05, 0.1) is 24.0 Å². The lowest BCUT2D eigenvalue weighted by molar-refractivity contribution is -0.142. The van der Waals surface area contributed by atoms with Gasteiger partial charge in [0.1, 0.15) is 11.8 Å². The molecule has 1 heterocycles. The first-order valence-electron chi connectivity index (χ1n) is 7.08. The van der Waals surface area contributed by atoms with E-state index in [2.05, 4.69) is 0 Å². The van der Waals surface area contributed by atoms with Crippen LogP contribution < -0.4 is 5.43 Å². The lowest BCUT2D eigenvalue weighted by Gasteiger charge is -2.09. The minimum atomic E-state index is -1.14. The molecule has 1 N–H and O–H groups in total. The van der Waals surface area contributed by atoms with Gasteiger partial charge in [-0.3, -0.25) is 9.59 Å². The number of rotatable bonds is 3. The summed E-state index contributed by atoms with van der Waals surface area (Å²) in [7, 11) is 1.35. The molecule has 0 fully saturated rings. The van der Waals surface area contributed by atoms with Gasteiger partial charge < -0.3 is 14.3 Å². The average molecular weight is 314 g/mol. The van der Waals surface area contributed by atoms with E-state index in [1.54, 1.807) is 12.1 Å². The number of aryl methyl sites for hydroxylation is 1. The van der Waals surface area contributed by atoms with Gasteiger partial charge in [-0.15, -0.1) is 0 Å². The fourth-order valence-electron chi connectivity index (χ4n) is 2.91. The zero-order valence-corrected chi connectivity index (χ0v) is 12.4. The molecule has 3 rings (SSSR count). The third-order valence-electron chi connectivity index (χ3n) is 4.03. The zero-order chi connectivity index (χ0) is 16.6. The number of carbonyl (C=O) groups is 2. The Balaban J connectivity index is 2.12. The van der Waals surface area contributed by atoms with Crippen molar-refractivity contribution < 1.29 is 23.8 Å². The van der Waals surface area contributed by atoms with Crippen LogP contribution in [0.5, 0.6) is 0 Å². The summed E-state index contributed by atoms with van der Waals surface area (Å²) in [5.41, 5.74) is 1.98. The Morgan fingerprint density at radius 3 is 2.87 bits per heavy atom. The van der Waals surface area contributed by atoms with Crippen molar-refractivity contribution in [3.8, 4) is 0 Å². The van der Waals surface area contributed by atoms with Gasteiger partial charge >= 0.3 is 11.9 Å². The van der Waals surface area contributed by atoms with Crippen molar-refractivity contribution in [3.05, 3.63) is 51.4 Å². The van der Waals surface area contributed by atoms with E-state index in [1.807, 2.05) is 0 Å². The second-order valence-corrected chi connectivity index (χ2v) is 5.35. The monoisotopic (exact) mass is 314 g/mol. The largest absolute Gasteiger partial charge is 0.478 e. The van der Waals surface area contributed by atoms with Gasteiger partial charge in [0.25, 0.3) is 0 Å². The summed E-state index contributed by atoms with van der Waals surface area (Å²) < 4.78 is 10.3. The van der Waals surface area contributed by atoms with Crippen LogP contribution in [0.25, 0.3) is 17.0 Å². The van der Waals surface area contributed by atoms with Crippen molar-refractivity contribution >= 4 is 29.0 Å². The highest BCUT2D eigenvalue weighted by molar-refractivity contribution is 5.88. The second-order valence-electron chi connectivity index (χ2n) is 5.35. The Kier molecular flexibility index (Phi) is 3.73. The molecule has 0 radical (unpaired) electrons. The summed E-state index contributed by atoms with van der Waals surface area (Å²) in [6.07, 6.45) is 4.63. The number of carboxylic acid groups (broad SMARTS) is 1. The van der Waals surface area contributed by atoms with E-state index < -0.39 is 5.97 Å². The maximum atomic E-state index is 12.4. The summed E-state index contributed by atoms with van der Waals surface area (Å²) in [5, 5.41) is 9.02. The molecule has 0 saturated heterocycles. The quantitative estimate of drug-likeness (QED) is 0.688. The van der Waals surface area contributed by atoms with Crippen molar-refractivity contribution in [1.82, 2.24) is 0 Å². The van der Waals surface area contributed by atoms with Crippen LogP contribution >= 0.6 is 0 Å². The molecule has 1 atom stereocenters. The van der Waals surface area contributed by atoms with Crippen molar-refractivity contribution in [2.45, 2.75) is 18.8 Å². The summed E-state index contributed by atoms with van der Waals surface area (Å²) in [6, 6.07) is 3.42. The molecular weight excluding hydrogens is 300 g/mol. The zero-order valence-electron chi connectivity index (χ0n) is 12.4. The number of fused-ring (bicyclic) bond motifs is 2. The van der Waals surface area contributed by atoms with E-state index in [-0.39, 0.29) is 22.9 Å². The predicted molar refractivity (Wildman–Crippen MR) is 82.2 cm³/mol. The van der Waals surface area contributed by atoms with Crippen LogP contribution in [0.4, 0.5) is 0 Å². The molecule has 0 amide bonds.